The van der Waals surface area contributed by atoms with Crippen LogP contribution in [0.3, 0.4) is 0 Å². The summed E-state index contributed by atoms with van der Waals surface area (Å²) in [5.41, 5.74) is 6.64. The Kier molecular flexibility index (Phi) is 5.75. The van der Waals surface area contributed by atoms with Gasteiger partial charge in [0.25, 0.3) is 0 Å². The van der Waals surface area contributed by atoms with Gasteiger partial charge < -0.3 is 36.3 Å². The number of carboxylic acids is 2. The molecule has 0 aliphatic rings. The fraction of sp³-hybridized carbons (Fsp3) is 0.0833. The van der Waals surface area contributed by atoms with Crippen LogP contribution in [-0.4, -0.2) is 53.3 Å². The molecule has 3 aromatic carbocycles. The molecule has 4 rings (SSSR count). The fourth-order valence-electron chi connectivity index (χ4n) is 3.86. The first kappa shape index (κ1) is 23.1. The molecule has 0 aliphatic heterocycles. The number of hydrogen-bond acceptors (Lipinski definition) is 7. The number of aromatic hydroxyl groups is 3. The molecule has 11 nitrogen and oxygen atoms in total. The number of benzene rings is 3. The van der Waals surface area contributed by atoms with E-state index in [4.69, 9.17) is 11.1 Å². The van der Waals surface area contributed by atoms with Crippen molar-refractivity contribution in [2.24, 2.45) is 5.73 Å². The minimum absolute atomic E-state index is 0.00948. The third-order valence-corrected chi connectivity index (χ3v) is 5.55. The lowest BCUT2D eigenvalue weighted by Crippen LogP contribution is -2.16. The minimum Gasteiger partial charge on any atom is -0.507 e. The van der Waals surface area contributed by atoms with Crippen LogP contribution < -0.4 is 5.73 Å². The number of carbonyl (C=O) groups is 2. The summed E-state index contributed by atoms with van der Waals surface area (Å²) >= 11 is 0. The lowest BCUT2D eigenvalue weighted by molar-refractivity contribution is -0.145. The van der Waals surface area contributed by atoms with Crippen molar-refractivity contribution in [1.82, 2.24) is 9.97 Å². The van der Waals surface area contributed by atoms with Crippen LogP contribution in [0.5, 0.6) is 17.2 Å². The highest BCUT2D eigenvalue weighted by molar-refractivity contribution is 5.98. The van der Waals surface area contributed by atoms with Crippen LogP contribution in [0.25, 0.3) is 33.5 Å². The third kappa shape index (κ3) is 4.29. The molecule has 0 aliphatic carbocycles. The van der Waals surface area contributed by atoms with Gasteiger partial charge >= 0.3 is 11.9 Å². The van der Waals surface area contributed by atoms with Crippen molar-refractivity contribution < 1.29 is 35.1 Å². The number of nitrogens with zero attached hydrogens (tertiary/aromatic N) is 1. The molecule has 1 heterocycles. The SMILES string of the molecule is N=C(N)c1ccc2nc(-c3cc(C(CC(=O)O)C(=O)O)cc(-c4c(O)cccc4O)c3O)[nH]c2c1. The molecule has 0 radical (unpaired) electrons. The molecule has 1 unspecified atom stereocenters. The molecule has 35 heavy (non-hydrogen) atoms. The summed E-state index contributed by atoms with van der Waals surface area (Å²) in [5, 5.41) is 58.4. The van der Waals surface area contributed by atoms with Gasteiger partial charge in [0.15, 0.2) is 0 Å². The van der Waals surface area contributed by atoms with E-state index in [1.807, 2.05) is 0 Å². The van der Waals surface area contributed by atoms with E-state index in [1.165, 1.54) is 30.3 Å². The zero-order valence-corrected chi connectivity index (χ0v) is 18.0. The maximum absolute atomic E-state index is 11.9. The molecular weight excluding hydrogens is 456 g/mol. The van der Waals surface area contributed by atoms with Gasteiger partial charge in [0, 0.05) is 11.1 Å². The average Bonchev–Trinajstić information content (AvgIpc) is 3.21. The second-order valence-corrected chi connectivity index (χ2v) is 7.86. The number of aliphatic carboxylic acids is 2. The van der Waals surface area contributed by atoms with Gasteiger partial charge in [0.2, 0.25) is 0 Å². The van der Waals surface area contributed by atoms with Gasteiger partial charge in [-0.05, 0) is 48.0 Å². The summed E-state index contributed by atoms with van der Waals surface area (Å²) in [7, 11) is 0. The van der Waals surface area contributed by atoms with Crippen LogP contribution in [0.4, 0.5) is 0 Å². The monoisotopic (exact) mass is 476 g/mol. The molecule has 4 aromatic rings. The van der Waals surface area contributed by atoms with Crippen molar-refractivity contribution in [3.63, 3.8) is 0 Å². The molecule has 0 bridgehead atoms. The van der Waals surface area contributed by atoms with Crippen LogP contribution in [0.1, 0.15) is 23.5 Å². The van der Waals surface area contributed by atoms with Crippen molar-refractivity contribution in [1.29, 1.82) is 5.41 Å². The summed E-state index contributed by atoms with van der Waals surface area (Å²) in [6.07, 6.45) is -0.742. The number of rotatable bonds is 7. The zero-order chi connectivity index (χ0) is 25.4. The Hall–Kier alpha value is -5.06. The number of imidazole rings is 1. The number of nitrogens with one attached hydrogen (secondary N) is 2. The summed E-state index contributed by atoms with van der Waals surface area (Å²) in [6.45, 7) is 0. The molecule has 1 aromatic heterocycles. The maximum Gasteiger partial charge on any atom is 0.311 e. The molecular formula is C24H20N4O7. The number of H-pyrrole nitrogens is 1. The van der Waals surface area contributed by atoms with Gasteiger partial charge in [-0.2, -0.15) is 0 Å². The largest absolute Gasteiger partial charge is 0.507 e. The van der Waals surface area contributed by atoms with E-state index in [1.54, 1.807) is 18.2 Å². The van der Waals surface area contributed by atoms with Crippen molar-refractivity contribution in [2.75, 3.05) is 0 Å². The fourth-order valence-corrected chi connectivity index (χ4v) is 3.86. The molecule has 0 amide bonds. The molecule has 0 saturated heterocycles. The number of amidine groups is 1. The standard InChI is InChI=1S/C24H20N4O7/c25-22(26)10-4-5-15-16(8-10)28-23(27-15)14-7-11(12(24(34)35)9-19(31)32)6-13(21(14)33)20-17(29)2-1-3-18(20)30/h1-8,12,29-30,33H,9H2,(H3,25,26)(H,27,28)(H,31,32)(H,34,35). The van der Waals surface area contributed by atoms with E-state index in [-0.39, 0.29) is 45.4 Å². The highest BCUT2D eigenvalue weighted by Crippen LogP contribution is 2.46. The summed E-state index contributed by atoms with van der Waals surface area (Å²) in [5.74, 6) is -5.51. The van der Waals surface area contributed by atoms with E-state index in [0.717, 1.165) is 0 Å². The lowest BCUT2D eigenvalue weighted by atomic mass is 9.89. The Bertz CT molecular complexity index is 1490. The smallest absolute Gasteiger partial charge is 0.311 e. The van der Waals surface area contributed by atoms with Gasteiger partial charge in [-0.15, -0.1) is 0 Å². The van der Waals surface area contributed by atoms with Gasteiger partial charge in [-0.1, -0.05) is 6.07 Å². The van der Waals surface area contributed by atoms with Gasteiger partial charge in [-0.3, -0.25) is 15.0 Å². The van der Waals surface area contributed by atoms with Gasteiger partial charge in [0.05, 0.1) is 34.5 Å². The summed E-state index contributed by atoms with van der Waals surface area (Å²) in [4.78, 5) is 30.6. The second kappa shape index (κ2) is 8.71. The number of nitrogen functional groups attached to an aromatic ring is 1. The predicted molar refractivity (Wildman–Crippen MR) is 126 cm³/mol. The van der Waals surface area contributed by atoms with E-state index in [9.17, 15) is 35.1 Å². The number of carboxylic acid groups (broad SMARTS) is 2. The third-order valence-electron chi connectivity index (χ3n) is 5.55. The second-order valence-electron chi connectivity index (χ2n) is 7.86. The Morgan fingerprint density at radius 1 is 1.00 bits per heavy atom. The molecule has 178 valence electrons. The minimum atomic E-state index is -1.49. The zero-order valence-electron chi connectivity index (χ0n) is 18.0. The highest BCUT2D eigenvalue weighted by Gasteiger charge is 2.28. The Balaban J connectivity index is 2.01. The number of aromatic nitrogens is 2. The summed E-state index contributed by atoms with van der Waals surface area (Å²) < 4.78 is 0. The number of aromatic amines is 1. The van der Waals surface area contributed by atoms with E-state index in [2.05, 4.69) is 9.97 Å². The molecule has 1 atom stereocenters. The Labute approximate surface area is 197 Å². The quantitative estimate of drug-likeness (QED) is 0.145. The number of fused-ring (bicyclic) bond motifs is 1. The van der Waals surface area contributed by atoms with E-state index < -0.39 is 30.0 Å². The van der Waals surface area contributed by atoms with Crippen molar-refractivity contribution in [3.8, 4) is 39.8 Å². The topological polar surface area (TPSA) is 214 Å². The normalized spacial score (nSPS) is 11.9. The van der Waals surface area contributed by atoms with E-state index >= 15 is 0 Å². The van der Waals surface area contributed by atoms with Crippen LogP contribution >= 0.6 is 0 Å². The van der Waals surface area contributed by atoms with Gasteiger partial charge in [0.1, 0.15) is 28.9 Å². The first-order valence-electron chi connectivity index (χ1n) is 10.2. The van der Waals surface area contributed by atoms with Gasteiger partial charge in [-0.25, -0.2) is 4.98 Å². The van der Waals surface area contributed by atoms with Crippen molar-refractivity contribution in [2.45, 2.75) is 12.3 Å². The predicted octanol–water partition coefficient (Wildman–Crippen LogP) is 2.94. The molecule has 9 N–H and O–H groups in total. The van der Waals surface area contributed by atoms with E-state index in [0.29, 0.717) is 16.6 Å². The van der Waals surface area contributed by atoms with Crippen molar-refractivity contribution >= 4 is 28.8 Å². The van der Waals surface area contributed by atoms with Crippen LogP contribution in [0, 0.1) is 5.41 Å². The van der Waals surface area contributed by atoms with Crippen LogP contribution in [0.2, 0.25) is 0 Å². The number of phenolic OH excluding ortho intramolecular Hbond substituents is 3. The highest BCUT2D eigenvalue weighted by atomic mass is 16.4. The number of phenols is 3. The summed E-state index contributed by atoms with van der Waals surface area (Å²) in [6, 6.07) is 11.2. The molecule has 0 fully saturated rings. The first-order valence-corrected chi connectivity index (χ1v) is 10.2. The number of hydrogen-bond donors (Lipinski definition) is 8. The van der Waals surface area contributed by atoms with Crippen molar-refractivity contribution in [3.05, 3.63) is 59.7 Å². The van der Waals surface area contributed by atoms with Crippen LogP contribution in [0.15, 0.2) is 48.5 Å². The number of nitrogens with two attached hydrogens (primary N) is 1. The molecule has 0 saturated carbocycles. The lowest BCUT2D eigenvalue weighted by Gasteiger charge is -2.17. The maximum atomic E-state index is 11.9. The molecule has 0 spiro atoms. The first-order chi connectivity index (χ1) is 16.6. The van der Waals surface area contributed by atoms with Crippen LogP contribution in [-0.2, 0) is 9.59 Å². The Morgan fingerprint density at radius 3 is 2.26 bits per heavy atom. The average molecular weight is 476 g/mol. The molecule has 11 heteroatoms. The Morgan fingerprint density at radius 2 is 1.66 bits per heavy atom.